The lowest BCUT2D eigenvalue weighted by molar-refractivity contribution is -0.126. The van der Waals surface area contributed by atoms with Crippen molar-refractivity contribution < 1.29 is 28.5 Å². The number of azo groups is 1. The molecule has 1 atom stereocenters. The summed E-state index contributed by atoms with van der Waals surface area (Å²) in [5, 5.41) is 10.8. The average Bonchev–Trinajstić information content (AvgIpc) is 2.76. The molecule has 2 aromatic rings. The summed E-state index contributed by atoms with van der Waals surface area (Å²) < 4.78 is 21.6. The fourth-order valence-corrected chi connectivity index (χ4v) is 2.96. The summed E-state index contributed by atoms with van der Waals surface area (Å²) in [5.74, 6) is 0.438. The van der Waals surface area contributed by atoms with E-state index in [9.17, 15) is 9.59 Å². The number of nitrogens with zero attached hydrogens (tertiary/aromatic N) is 2. The third kappa shape index (κ3) is 6.10. The van der Waals surface area contributed by atoms with E-state index in [1.54, 1.807) is 18.2 Å². The summed E-state index contributed by atoms with van der Waals surface area (Å²) in [6, 6.07) is 6.68. The fraction of sp³-hybridized carbons (Fsp3) is 0.364. The normalized spacial score (nSPS) is 11.7. The molecule has 0 saturated heterocycles. The molecule has 9 nitrogen and oxygen atoms in total. The maximum absolute atomic E-state index is 12.8. The average molecular weight is 464 g/mol. The molecule has 1 unspecified atom stereocenters. The largest absolute Gasteiger partial charge is 0.493 e. The number of nitrogens with one attached hydrogen (secondary N) is 1. The third-order valence-electron chi connectivity index (χ3n) is 4.19. The highest BCUT2D eigenvalue weighted by atomic mass is 35.5. The first-order valence-corrected chi connectivity index (χ1v) is 10.3. The smallest absolute Gasteiger partial charge is 0.258 e. The van der Waals surface area contributed by atoms with Crippen molar-refractivity contribution in [2.75, 3.05) is 32.8 Å². The number of para-hydroxylation sites is 1. The van der Waals surface area contributed by atoms with Gasteiger partial charge in [0, 0.05) is 12.1 Å². The van der Waals surface area contributed by atoms with Crippen LogP contribution in [0.3, 0.4) is 0 Å². The van der Waals surface area contributed by atoms with Crippen LogP contribution in [0.4, 0.5) is 11.4 Å². The molecule has 1 N–H and O–H groups in total. The summed E-state index contributed by atoms with van der Waals surface area (Å²) in [6.07, 6.45) is 0. The van der Waals surface area contributed by atoms with Crippen LogP contribution in [0, 0.1) is 0 Å². The van der Waals surface area contributed by atoms with Crippen LogP contribution in [-0.4, -0.2) is 45.2 Å². The molecular formula is C22H26ClN3O6. The number of carbonyl (C=O) groups excluding carboxylic acids is 2. The van der Waals surface area contributed by atoms with Crippen molar-refractivity contribution in [1.82, 2.24) is 0 Å². The van der Waals surface area contributed by atoms with Crippen molar-refractivity contribution in [2.24, 2.45) is 10.2 Å². The predicted octanol–water partition coefficient (Wildman–Crippen LogP) is 4.83. The Morgan fingerprint density at radius 1 is 1.03 bits per heavy atom. The highest BCUT2D eigenvalue weighted by Crippen LogP contribution is 2.38. The van der Waals surface area contributed by atoms with Gasteiger partial charge in [-0.1, -0.05) is 17.7 Å². The van der Waals surface area contributed by atoms with Crippen LogP contribution >= 0.6 is 11.6 Å². The lowest BCUT2D eigenvalue weighted by Crippen LogP contribution is -2.32. The Morgan fingerprint density at radius 2 is 1.69 bits per heavy atom. The second kappa shape index (κ2) is 11.9. The molecule has 0 fully saturated rings. The van der Waals surface area contributed by atoms with E-state index in [1.165, 1.54) is 33.3 Å². The highest BCUT2D eigenvalue weighted by molar-refractivity contribution is 6.34. The number of methoxy groups -OCH3 is 2. The Labute approximate surface area is 191 Å². The van der Waals surface area contributed by atoms with Crippen LogP contribution < -0.4 is 24.3 Å². The van der Waals surface area contributed by atoms with Crippen molar-refractivity contribution in [1.29, 1.82) is 0 Å². The van der Waals surface area contributed by atoms with Gasteiger partial charge in [-0.15, -0.1) is 0 Å². The zero-order chi connectivity index (χ0) is 23.7. The van der Waals surface area contributed by atoms with E-state index in [4.69, 9.17) is 30.5 Å². The molecule has 0 aliphatic rings. The Balaban J connectivity index is 2.31. The van der Waals surface area contributed by atoms with Crippen LogP contribution in [0.5, 0.6) is 23.0 Å². The summed E-state index contributed by atoms with van der Waals surface area (Å²) in [5.41, 5.74) is 0.563. The second-order valence-electron chi connectivity index (χ2n) is 6.38. The number of halogens is 1. The van der Waals surface area contributed by atoms with Crippen molar-refractivity contribution in [2.45, 2.75) is 26.8 Å². The molecule has 2 rings (SSSR count). The van der Waals surface area contributed by atoms with E-state index in [0.29, 0.717) is 41.9 Å². The molecule has 0 heterocycles. The summed E-state index contributed by atoms with van der Waals surface area (Å²) >= 11 is 6.29. The summed E-state index contributed by atoms with van der Waals surface area (Å²) in [4.78, 5) is 24.9. The van der Waals surface area contributed by atoms with Gasteiger partial charge in [-0.3, -0.25) is 9.59 Å². The van der Waals surface area contributed by atoms with E-state index in [1.807, 2.05) is 13.8 Å². The molecule has 0 aliphatic carbocycles. The lowest BCUT2D eigenvalue weighted by atomic mass is 10.2. The summed E-state index contributed by atoms with van der Waals surface area (Å²) in [6.45, 7) is 5.71. The minimum Gasteiger partial charge on any atom is -0.493 e. The number of amides is 1. The molecule has 2 aromatic carbocycles. The minimum absolute atomic E-state index is 0.221. The SMILES string of the molecule is CCOc1cc(Cl)c(NC(=O)C(N=Nc2cccc(OC)c2OC)C(C)=O)cc1OCC. The van der Waals surface area contributed by atoms with Crippen molar-refractivity contribution >= 4 is 34.7 Å². The number of anilines is 1. The zero-order valence-corrected chi connectivity index (χ0v) is 19.4. The maximum atomic E-state index is 12.8. The first-order valence-electron chi connectivity index (χ1n) is 9.88. The van der Waals surface area contributed by atoms with Gasteiger partial charge in [-0.2, -0.15) is 10.2 Å². The van der Waals surface area contributed by atoms with E-state index in [2.05, 4.69) is 15.5 Å². The van der Waals surface area contributed by atoms with Crippen molar-refractivity contribution in [3.8, 4) is 23.0 Å². The van der Waals surface area contributed by atoms with Crippen LogP contribution in [0.2, 0.25) is 5.02 Å². The Bertz CT molecular complexity index is 996. The quantitative estimate of drug-likeness (QED) is 0.377. The van der Waals surface area contributed by atoms with Gasteiger partial charge in [0.2, 0.25) is 6.04 Å². The molecule has 10 heteroatoms. The molecule has 0 radical (unpaired) electrons. The number of Topliss-reactive ketones (excluding diaryl/α,β-unsaturated/α-hetero) is 1. The van der Waals surface area contributed by atoms with Crippen LogP contribution in [-0.2, 0) is 9.59 Å². The first-order chi connectivity index (χ1) is 15.4. The zero-order valence-electron chi connectivity index (χ0n) is 18.6. The maximum Gasteiger partial charge on any atom is 0.258 e. The van der Waals surface area contributed by atoms with Gasteiger partial charge in [-0.05, 0) is 32.9 Å². The van der Waals surface area contributed by atoms with Gasteiger partial charge in [0.1, 0.15) is 5.69 Å². The topological polar surface area (TPSA) is 108 Å². The standard InChI is InChI=1S/C22H26ClN3O6/c1-6-31-18-11-14(23)16(12-19(18)32-7-2)24-22(28)20(13(3)27)26-25-15-9-8-10-17(29-4)21(15)30-5/h8-12,20H,6-7H2,1-5H3,(H,24,28). The van der Waals surface area contributed by atoms with Gasteiger partial charge in [-0.25, -0.2) is 0 Å². The van der Waals surface area contributed by atoms with Gasteiger partial charge in [0.25, 0.3) is 5.91 Å². The van der Waals surface area contributed by atoms with Gasteiger partial charge in [0.15, 0.2) is 28.8 Å². The van der Waals surface area contributed by atoms with E-state index in [-0.39, 0.29) is 10.7 Å². The monoisotopic (exact) mass is 463 g/mol. The molecular weight excluding hydrogens is 438 g/mol. The molecule has 0 aliphatic heterocycles. The van der Waals surface area contributed by atoms with Crippen LogP contribution in [0.15, 0.2) is 40.6 Å². The molecule has 32 heavy (non-hydrogen) atoms. The molecule has 0 bridgehead atoms. The second-order valence-corrected chi connectivity index (χ2v) is 6.78. The Morgan fingerprint density at radius 3 is 2.25 bits per heavy atom. The number of ether oxygens (including phenoxy) is 4. The number of benzene rings is 2. The number of rotatable bonds is 11. The number of carbonyl (C=O) groups is 2. The highest BCUT2D eigenvalue weighted by Gasteiger charge is 2.25. The van der Waals surface area contributed by atoms with E-state index < -0.39 is 17.7 Å². The fourth-order valence-electron chi connectivity index (χ4n) is 2.76. The van der Waals surface area contributed by atoms with Crippen LogP contribution in [0.25, 0.3) is 0 Å². The van der Waals surface area contributed by atoms with Gasteiger partial charge in [0.05, 0.1) is 38.1 Å². The molecule has 0 aromatic heterocycles. The summed E-state index contributed by atoms with van der Waals surface area (Å²) in [7, 11) is 2.94. The first kappa shape index (κ1) is 24.9. The van der Waals surface area contributed by atoms with Crippen LogP contribution in [0.1, 0.15) is 20.8 Å². The minimum atomic E-state index is -1.40. The molecule has 1 amide bonds. The predicted molar refractivity (Wildman–Crippen MR) is 121 cm³/mol. The number of hydrogen-bond acceptors (Lipinski definition) is 8. The Kier molecular flexibility index (Phi) is 9.27. The molecule has 0 spiro atoms. The van der Waals surface area contributed by atoms with E-state index in [0.717, 1.165) is 0 Å². The Hall–Kier alpha value is -3.33. The van der Waals surface area contributed by atoms with E-state index >= 15 is 0 Å². The number of hydrogen-bond donors (Lipinski definition) is 1. The third-order valence-corrected chi connectivity index (χ3v) is 4.50. The van der Waals surface area contributed by atoms with Crippen molar-refractivity contribution in [3.05, 3.63) is 35.4 Å². The molecule has 0 saturated carbocycles. The van der Waals surface area contributed by atoms with Gasteiger partial charge >= 0.3 is 0 Å². The van der Waals surface area contributed by atoms with Gasteiger partial charge < -0.3 is 24.3 Å². The lowest BCUT2D eigenvalue weighted by Gasteiger charge is -2.15. The van der Waals surface area contributed by atoms with Crippen molar-refractivity contribution in [3.63, 3.8) is 0 Å². The number of ketones is 1. The molecule has 172 valence electrons.